The van der Waals surface area contributed by atoms with E-state index in [1.165, 1.54) is 0 Å². The summed E-state index contributed by atoms with van der Waals surface area (Å²) in [7, 11) is 0. The molecule has 1 fully saturated rings. The van der Waals surface area contributed by atoms with Crippen LogP contribution in [-0.2, 0) is 9.59 Å². The first kappa shape index (κ1) is 13.1. The van der Waals surface area contributed by atoms with Crippen molar-refractivity contribution in [3.8, 4) is 0 Å². The number of piperidine rings is 1. The number of carbonyl (C=O) groups is 2. The molecule has 1 heterocycles. The van der Waals surface area contributed by atoms with E-state index in [1.807, 2.05) is 26.0 Å². The number of hydrogen-bond donors (Lipinski definition) is 1. The summed E-state index contributed by atoms with van der Waals surface area (Å²) in [4.78, 5) is 23.5. The molecule has 0 saturated carbocycles. The van der Waals surface area contributed by atoms with E-state index in [2.05, 4.69) is 5.32 Å². The van der Waals surface area contributed by atoms with Crippen molar-refractivity contribution in [1.82, 2.24) is 5.32 Å². The third-order valence-corrected chi connectivity index (χ3v) is 3.67. The normalized spacial score (nSPS) is 24.2. The van der Waals surface area contributed by atoms with Gasteiger partial charge in [0, 0.05) is 23.3 Å². The second-order valence-corrected chi connectivity index (χ2v) is 5.48. The lowest BCUT2D eigenvalue weighted by Crippen LogP contribution is -2.46. The van der Waals surface area contributed by atoms with Crippen molar-refractivity contribution in [2.45, 2.75) is 26.2 Å². The van der Waals surface area contributed by atoms with E-state index in [4.69, 9.17) is 11.6 Å². The van der Waals surface area contributed by atoms with Crippen molar-refractivity contribution in [2.24, 2.45) is 11.8 Å². The van der Waals surface area contributed by atoms with E-state index in [0.717, 1.165) is 5.56 Å². The zero-order valence-corrected chi connectivity index (χ0v) is 11.2. The van der Waals surface area contributed by atoms with Crippen LogP contribution in [0.15, 0.2) is 24.3 Å². The highest BCUT2D eigenvalue weighted by Gasteiger charge is 2.38. The fourth-order valence-electron chi connectivity index (χ4n) is 2.58. The average molecular weight is 266 g/mol. The lowest BCUT2D eigenvalue weighted by molar-refractivity contribution is -0.138. The van der Waals surface area contributed by atoms with Crippen LogP contribution >= 0.6 is 11.6 Å². The Hall–Kier alpha value is -1.35. The van der Waals surface area contributed by atoms with Gasteiger partial charge in [0.05, 0.1) is 0 Å². The first-order chi connectivity index (χ1) is 8.49. The highest BCUT2D eigenvalue weighted by Crippen LogP contribution is 2.36. The van der Waals surface area contributed by atoms with Gasteiger partial charge in [-0.3, -0.25) is 14.9 Å². The molecule has 0 aromatic heterocycles. The van der Waals surface area contributed by atoms with Crippen LogP contribution in [0.5, 0.6) is 0 Å². The lowest BCUT2D eigenvalue weighted by Gasteiger charge is -2.33. The zero-order valence-electron chi connectivity index (χ0n) is 10.4. The molecule has 1 aliphatic rings. The third kappa shape index (κ3) is 2.56. The number of imide groups is 1. The van der Waals surface area contributed by atoms with Gasteiger partial charge in [0.15, 0.2) is 0 Å². The molecule has 0 bridgehead atoms. The molecule has 2 amide bonds. The molecule has 1 aromatic rings. The van der Waals surface area contributed by atoms with E-state index in [1.54, 1.807) is 12.1 Å². The van der Waals surface area contributed by atoms with Gasteiger partial charge in [-0.15, -0.1) is 0 Å². The summed E-state index contributed by atoms with van der Waals surface area (Å²) < 4.78 is 0. The minimum Gasteiger partial charge on any atom is -0.296 e. The largest absolute Gasteiger partial charge is 0.296 e. The molecule has 2 unspecified atom stereocenters. The van der Waals surface area contributed by atoms with Crippen LogP contribution in [0.2, 0.25) is 5.02 Å². The fraction of sp³-hybridized carbons (Fsp3) is 0.429. The SMILES string of the molecule is CC(C)C1C(=O)NC(=O)CC1c1ccc(Cl)cc1. The molecule has 1 aliphatic heterocycles. The quantitative estimate of drug-likeness (QED) is 0.836. The summed E-state index contributed by atoms with van der Waals surface area (Å²) in [5.74, 6) is -0.385. The second-order valence-electron chi connectivity index (χ2n) is 5.04. The molecule has 2 atom stereocenters. The van der Waals surface area contributed by atoms with Crippen molar-refractivity contribution >= 4 is 23.4 Å². The molecule has 2 rings (SSSR count). The molecule has 3 nitrogen and oxygen atoms in total. The molecule has 1 saturated heterocycles. The summed E-state index contributed by atoms with van der Waals surface area (Å²) in [6.45, 7) is 4.01. The van der Waals surface area contributed by atoms with Crippen molar-refractivity contribution < 1.29 is 9.59 Å². The Labute approximate surface area is 112 Å². The minimum absolute atomic E-state index is 0.0523. The Morgan fingerprint density at radius 2 is 1.83 bits per heavy atom. The highest BCUT2D eigenvalue weighted by molar-refractivity contribution is 6.30. The van der Waals surface area contributed by atoms with Gasteiger partial charge in [0.2, 0.25) is 11.8 Å². The molecule has 1 N–H and O–H groups in total. The fourth-order valence-corrected chi connectivity index (χ4v) is 2.71. The van der Waals surface area contributed by atoms with Crippen LogP contribution in [0.3, 0.4) is 0 Å². The summed E-state index contributed by atoms with van der Waals surface area (Å²) in [6, 6.07) is 7.39. The van der Waals surface area contributed by atoms with Crippen molar-refractivity contribution in [3.05, 3.63) is 34.9 Å². The highest BCUT2D eigenvalue weighted by atomic mass is 35.5. The summed E-state index contributed by atoms with van der Waals surface area (Å²) in [6.07, 6.45) is 0.357. The molecule has 1 aromatic carbocycles. The maximum absolute atomic E-state index is 11.9. The number of benzene rings is 1. The van der Waals surface area contributed by atoms with Gasteiger partial charge in [0.25, 0.3) is 0 Å². The molecular formula is C14H16ClNO2. The molecule has 4 heteroatoms. The number of carbonyl (C=O) groups excluding carboxylic acids is 2. The van der Waals surface area contributed by atoms with Crippen LogP contribution in [0.25, 0.3) is 0 Å². The Morgan fingerprint density at radius 1 is 1.22 bits per heavy atom. The van der Waals surface area contributed by atoms with Gasteiger partial charge in [-0.25, -0.2) is 0 Å². The number of halogens is 1. The Morgan fingerprint density at radius 3 is 2.39 bits per heavy atom. The van der Waals surface area contributed by atoms with Crippen LogP contribution in [0.1, 0.15) is 31.7 Å². The number of amides is 2. The number of rotatable bonds is 2. The van der Waals surface area contributed by atoms with E-state index in [0.29, 0.717) is 11.4 Å². The van der Waals surface area contributed by atoms with E-state index in [9.17, 15) is 9.59 Å². The average Bonchev–Trinajstić information content (AvgIpc) is 2.28. The monoisotopic (exact) mass is 265 g/mol. The Kier molecular flexibility index (Phi) is 3.71. The molecular weight excluding hydrogens is 250 g/mol. The van der Waals surface area contributed by atoms with Crippen LogP contribution in [0.4, 0.5) is 0 Å². The van der Waals surface area contributed by atoms with Gasteiger partial charge in [-0.05, 0) is 23.6 Å². The van der Waals surface area contributed by atoms with Gasteiger partial charge < -0.3 is 0 Å². The first-order valence-electron chi connectivity index (χ1n) is 6.08. The van der Waals surface area contributed by atoms with Gasteiger partial charge in [0.1, 0.15) is 0 Å². The number of nitrogens with one attached hydrogen (secondary N) is 1. The van der Waals surface area contributed by atoms with Crippen LogP contribution < -0.4 is 5.32 Å². The molecule has 96 valence electrons. The van der Waals surface area contributed by atoms with Crippen molar-refractivity contribution in [1.29, 1.82) is 0 Å². The molecule has 0 aliphatic carbocycles. The first-order valence-corrected chi connectivity index (χ1v) is 6.46. The maximum Gasteiger partial charge on any atom is 0.230 e. The third-order valence-electron chi connectivity index (χ3n) is 3.42. The standard InChI is InChI=1S/C14H16ClNO2/c1-8(2)13-11(7-12(17)16-14(13)18)9-3-5-10(15)6-4-9/h3-6,8,11,13H,7H2,1-2H3,(H,16,17,18). The molecule has 18 heavy (non-hydrogen) atoms. The maximum atomic E-state index is 11.9. The molecule has 0 spiro atoms. The van der Waals surface area contributed by atoms with Gasteiger partial charge in [-0.1, -0.05) is 37.6 Å². The van der Waals surface area contributed by atoms with Crippen molar-refractivity contribution in [2.75, 3.05) is 0 Å². The van der Waals surface area contributed by atoms with Crippen molar-refractivity contribution in [3.63, 3.8) is 0 Å². The Balaban J connectivity index is 2.34. The summed E-state index contributed by atoms with van der Waals surface area (Å²) in [5.41, 5.74) is 1.00. The van der Waals surface area contributed by atoms with E-state index >= 15 is 0 Å². The van der Waals surface area contributed by atoms with Gasteiger partial charge in [-0.2, -0.15) is 0 Å². The minimum atomic E-state index is -0.197. The van der Waals surface area contributed by atoms with Crippen LogP contribution in [-0.4, -0.2) is 11.8 Å². The smallest absolute Gasteiger partial charge is 0.230 e. The van der Waals surface area contributed by atoms with E-state index in [-0.39, 0.29) is 29.6 Å². The topological polar surface area (TPSA) is 46.2 Å². The lowest BCUT2D eigenvalue weighted by atomic mass is 9.75. The number of hydrogen-bond acceptors (Lipinski definition) is 2. The zero-order chi connectivity index (χ0) is 13.3. The second kappa shape index (κ2) is 5.11. The van der Waals surface area contributed by atoms with E-state index < -0.39 is 0 Å². The summed E-state index contributed by atoms with van der Waals surface area (Å²) in [5, 5.41) is 3.08. The van der Waals surface area contributed by atoms with Gasteiger partial charge >= 0.3 is 0 Å². The predicted molar refractivity (Wildman–Crippen MR) is 70.3 cm³/mol. The summed E-state index contributed by atoms with van der Waals surface area (Å²) >= 11 is 5.86. The Bertz CT molecular complexity index is 467. The van der Waals surface area contributed by atoms with Crippen LogP contribution in [0, 0.1) is 11.8 Å². The predicted octanol–water partition coefficient (Wildman–Crippen LogP) is 2.74. The molecule has 0 radical (unpaired) electrons.